The van der Waals surface area contributed by atoms with E-state index in [4.69, 9.17) is 14.2 Å². The van der Waals surface area contributed by atoms with Crippen LogP contribution in [0.15, 0.2) is 24.5 Å². The van der Waals surface area contributed by atoms with E-state index in [2.05, 4.69) is 19.8 Å². The molecule has 1 saturated heterocycles. The van der Waals surface area contributed by atoms with Gasteiger partial charge in [0.25, 0.3) is 0 Å². The smallest absolute Gasteiger partial charge is 0.164 e. The van der Waals surface area contributed by atoms with Crippen LogP contribution in [0.3, 0.4) is 0 Å². The predicted molar refractivity (Wildman–Crippen MR) is 103 cm³/mol. The van der Waals surface area contributed by atoms with Crippen LogP contribution in [0.5, 0.6) is 17.2 Å². The fraction of sp³-hybridized carbons (Fsp3) is 0.500. The molecule has 144 valence electrons. The highest BCUT2D eigenvalue weighted by atomic mass is 35.5. The van der Waals surface area contributed by atoms with Crippen molar-refractivity contribution in [1.82, 2.24) is 19.8 Å². The number of aryl methyl sites for hydroxylation is 1. The molecular formula is C18H27ClN4O3. The number of benzene rings is 1. The number of methoxy groups -OCH3 is 3. The van der Waals surface area contributed by atoms with Gasteiger partial charge in [0, 0.05) is 57.3 Å². The lowest BCUT2D eigenvalue weighted by atomic mass is 10.1. The molecule has 1 aromatic heterocycles. The van der Waals surface area contributed by atoms with E-state index in [1.54, 1.807) is 21.3 Å². The van der Waals surface area contributed by atoms with Crippen molar-refractivity contribution < 1.29 is 14.2 Å². The van der Waals surface area contributed by atoms with E-state index in [1.165, 1.54) is 0 Å². The van der Waals surface area contributed by atoms with E-state index in [0.29, 0.717) is 11.5 Å². The third-order valence-electron chi connectivity index (χ3n) is 4.67. The van der Waals surface area contributed by atoms with Crippen LogP contribution >= 0.6 is 12.4 Å². The number of imidazole rings is 1. The van der Waals surface area contributed by atoms with Crippen molar-refractivity contribution >= 4 is 12.4 Å². The van der Waals surface area contributed by atoms with Gasteiger partial charge in [-0.3, -0.25) is 4.90 Å². The van der Waals surface area contributed by atoms with Gasteiger partial charge >= 0.3 is 0 Å². The van der Waals surface area contributed by atoms with Gasteiger partial charge in [0.1, 0.15) is 11.6 Å². The van der Waals surface area contributed by atoms with Gasteiger partial charge < -0.3 is 24.1 Å². The normalized spacial score (nSPS) is 17.5. The van der Waals surface area contributed by atoms with E-state index >= 15 is 0 Å². The molecule has 1 aromatic carbocycles. The van der Waals surface area contributed by atoms with Crippen LogP contribution in [0, 0.1) is 0 Å². The molecule has 0 bridgehead atoms. The molecule has 1 unspecified atom stereocenters. The number of rotatable bonds is 6. The fourth-order valence-corrected chi connectivity index (χ4v) is 3.32. The zero-order valence-electron chi connectivity index (χ0n) is 15.7. The summed E-state index contributed by atoms with van der Waals surface area (Å²) in [4.78, 5) is 6.96. The van der Waals surface area contributed by atoms with Crippen LogP contribution in [-0.2, 0) is 13.6 Å². The summed E-state index contributed by atoms with van der Waals surface area (Å²) in [5.74, 6) is 3.24. The lowest BCUT2D eigenvalue weighted by molar-refractivity contribution is 0.143. The topological polar surface area (TPSA) is 60.8 Å². The number of halogens is 1. The summed E-state index contributed by atoms with van der Waals surface area (Å²) in [6.45, 7) is 3.52. The zero-order chi connectivity index (χ0) is 17.8. The van der Waals surface area contributed by atoms with Gasteiger partial charge in [-0.25, -0.2) is 4.98 Å². The molecule has 2 aromatic rings. The highest BCUT2D eigenvalue weighted by Gasteiger charge is 2.28. The summed E-state index contributed by atoms with van der Waals surface area (Å²) < 4.78 is 18.5. The zero-order valence-corrected chi connectivity index (χ0v) is 16.5. The molecule has 1 aliphatic heterocycles. The molecule has 0 amide bonds. The minimum absolute atomic E-state index is 0. The average molecular weight is 383 g/mol. The van der Waals surface area contributed by atoms with Crippen LogP contribution in [0.4, 0.5) is 0 Å². The maximum absolute atomic E-state index is 5.58. The molecule has 1 fully saturated rings. The Bertz CT molecular complexity index is 722. The number of nitrogens with one attached hydrogen (secondary N) is 1. The first kappa shape index (κ1) is 20.4. The van der Waals surface area contributed by atoms with Crippen LogP contribution in [0.25, 0.3) is 0 Å². The fourth-order valence-electron chi connectivity index (χ4n) is 3.32. The molecule has 1 aliphatic rings. The van der Waals surface area contributed by atoms with Gasteiger partial charge in [-0.1, -0.05) is 0 Å². The maximum Gasteiger partial charge on any atom is 0.164 e. The first-order valence-corrected chi connectivity index (χ1v) is 8.38. The van der Waals surface area contributed by atoms with Gasteiger partial charge in [-0.05, 0) is 6.07 Å². The molecular weight excluding hydrogens is 356 g/mol. The maximum atomic E-state index is 5.58. The molecule has 8 heteroatoms. The Morgan fingerprint density at radius 1 is 1.12 bits per heavy atom. The summed E-state index contributed by atoms with van der Waals surface area (Å²) in [5.41, 5.74) is 1.07. The SMILES string of the molecule is COc1cc(OC)c(OC)cc1CN1CCNCC1c1nccn1C.Cl. The van der Waals surface area contributed by atoms with Crippen molar-refractivity contribution in [2.45, 2.75) is 12.6 Å². The molecule has 26 heavy (non-hydrogen) atoms. The summed E-state index contributed by atoms with van der Waals surface area (Å²) in [5, 5.41) is 3.46. The average Bonchev–Trinajstić information content (AvgIpc) is 3.07. The number of nitrogens with zero attached hydrogens (tertiary/aromatic N) is 3. The molecule has 2 heterocycles. The predicted octanol–water partition coefficient (Wildman–Crippen LogP) is 2.01. The second-order valence-electron chi connectivity index (χ2n) is 6.11. The second kappa shape index (κ2) is 9.12. The van der Waals surface area contributed by atoms with Crippen molar-refractivity contribution in [1.29, 1.82) is 0 Å². The van der Waals surface area contributed by atoms with E-state index in [1.807, 2.05) is 31.6 Å². The van der Waals surface area contributed by atoms with Crippen molar-refractivity contribution in [2.24, 2.45) is 7.05 Å². The molecule has 0 saturated carbocycles. The molecule has 0 radical (unpaired) electrons. The Labute approximate surface area is 160 Å². The number of aromatic nitrogens is 2. The van der Waals surface area contributed by atoms with Crippen molar-refractivity contribution in [3.05, 3.63) is 35.9 Å². The van der Waals surface area contributed by atoms with Crippen LogP contribution in [0.2, 0.25) is 0 Å². The Hall–Kier alpha value is -1.96. The number of ether oxygens (including phenoxy) is 3. The van der Waals surface area contributed by atoms with Crippen molar-refractivity contribution in [3.63, 3.8) is 0 Å². The summed E-state index contributed by atoms with van der Waals surface area (Å²) in [7, 11) is 6.99. The van der Waals surface area contributed by atoms with Crippen molar-refractivity contribution in [3.8, 4) is 17.2 Å². The highest BCUT2D eigenvalue weighted by molar-refractivity contribution is 5.85. The Morgan fingerprint density at radius 3 is 2.42 bits per heavy atom. The molecule has 1 N–H and O–H groups in total. The minimum atomic E-state index is 0. The number of hydrogen-bond donors (Lipinski definition) is 1. The largest absolute Gasteiger partial charge is 0.496 e. The third kappa shape index (κ3) is 4.06. The summed E-state index contributed by atoms with van der Waals surface area (Å²) in [6, 6.07) is 4.09. The first-order valence-electron chi connectivity index (χ1n) is 8.38. The van der Waals surface area contributed by atoms with Gasteiger partial charge in [-0.2, -0.15) is 0 Å². The molecule has 0 aliphatic carbocycles. The lowest BCUT2D eigenvalue weighted by Gasteiger charge is -2.36. The Morgan fingerprint density at radius 2 is 1.81 bits per heavy atom. The van der Waals surface area contributed by atoms with E-state index in [-0.39, 0.29) is 18.4 Å². The van der Waals surface area contributed by atoms with Crippen LogP contribution in [-0.4, -0.2) is 55.4 Å². The number of hydrogen-bond acceptors (Lipinski definition) is 6. The molecule has 7 nitrogen and oxygen atoms in total. The second-order valence-corrected chi connectivity index (χ2v) is 6.11. The van der Waals surface area contributed by atoms with Gasteiger partial charge in [0.2, 0.25) is 0 Å². The Kier molecular flexibility index (Phi) is 7.14. The van der Waals surface area contributed by atoms with Crippen LogP contribution in [0.1, 0.15) is 17.4 Å². The lowest BCUT2D eigenvalue weighted by Crippen LogP contribution is -2.46. The monoisotopic (exact) mass is 382 g/mol. The molecule has 1 atom stereocenters. The highest BCUT2D eigenvalue weighted by Crippen LogP contribution is 2.36. The summed E-state index contributed by atoms with van der Waals surface area (Å²) >= 11 is 0. The van der Waals surface area contributed by atoms with Crippen molar-refractivity contribution in [2.75, 3.05) is 41.0 Å². The quantitative estimate of drug-likeness (QED) is 0.824. The minimum Gasteiger partial charge on any atom is -0.496 e. The van der Waals surface area contributed by atoms with Gasteiger partial charge in [-0.15, -0.1) is 12.4 Å². The van der Waals surface area contributed by atoms with E-state index in [9.17, 15) is 0 Å². The van der Waals surface area contributed by atoms with Crippen LogP contribution < -0.4 is 19.5 Å². The van der Waals surface area contributed by atoms with Gasteiger partial charge in [0.05, 0.1) is 27.4 Å². The first-order chi connectivity index (χ1) is 12.2. The standard InChI is InChI=1S/C18H26N4O3.ClH/c1-21-7-6-20-18(21)14-11-19-5-8-22(14)12-13-9-16(24-3)17(25-4)10-15(13)23-2;/h6-7,9-10,14,19H,5,8,11-12H2,1-4H3;1H. The molecule has 3 rings (SSSR count). The summed E-state index contributed by atoms with van der Waals surface area (Å²) in [6.07, 6.45) is 3.83. The number of piperazine rings is 1. The van der Waals surface area contributed by atoms with E-state index < -0.39 is 0 Å². The Balaban J connectivity index is 0.00000243. The molecule has 0 spiro atoms. The van der Waals surface area contributed by atoms with E-state index in [0.717, 1.165) is 43.3 Å². The third-order valence-corrected chi connectivity index (χ3v) is 4.67. The van der Waals surface area contributed by atoms with Gasteiger partial charge in [0.15, 0.2) is 11.5 Å².